The molecule has 0 aromatic carbocycles. The van der Waals surface area contributed by atoms with Gasteiger partial charge in [0.1, 0.15) is 5.69 Å². The second kappa shape index (κ2) is 6.00. The average Bonchev–Trinajstić information content (AvgIpc) is 3.15. The van der Waals surface area contributed by atoms with Crippen LogP contribution in [0.2, 0.25) is 0 Å². The van der Waals surface area contributed by atoms with Gasteiger partial charge in [0.05, 0.1) is 5.69 Å². The Balaban J connectivity index is 2.03. The van der Waals surface area contributed by atoms with Crippen molar-refractivity contribution in [3.63, 3.8) is 0 Å². The zero-order valence-corrected chi connectivity index (χ0v) is 14.5. The minimum absolute atomic E-state index is 0.00912. The molecule has 3 aromatic rings. The lowest BCUT2D eigenvalue weighted by atomic mass is 10.1. The predicted octanol–water partition coefficient (Wildman–Crippen LogP) is 2.13. The van der Waals surface area contributed by atoms with Gasteiger partial charge in [0.2, 0.25) is 0 Å². The lowest BCUT2D eigenvalue weighted by Crippen LogP contribution is -2.17. The van der Waals surface area contributed by atoms with Gasteiger partial charge in [-0.3, -0.25) is 18.8 Å². The molecule has 0 unspecified atom stereocenters. The van der Waals surface area contributed by atoms with Crippen molar-refractivity contribution in [2.75, 3.05) is 5.32 Å². The molecule has 0 bridgehead atoms. The van der Waals surface area contributed by atoms with Crippen LogP contribution < -0.4 is 5.32 Å². The number of alkyl halides is 3. The van der Waals surface area contributed by atoms with Crippen LogP contribution in [0.1, 0.15) is 21.9 Å². The highest BCUT2D eigenvalue weighted by Gasteiger charge is 2.38. The highest BCUT2D eigenvalue weighted by molar-refractivity contribution is 6.04. The van der Waals surface area contributed by atoms with E-state index in [0.717, 1.165) is 4.68 Å². The third-order valence-electron chi connectivity index (χ3n) is 3.68. The summed E-state index contributed by atoms with van der Waals surface area (Å²) in [6, 6.07) is 1.57. The van der Waals surface area contributed by atoms with Gasteiger partial charge >= 0.3 is 6.18 Å². The van der Waals surface area contributed by atoms with E-state index in [-0.39, 0.29) is 22.6 Å². The van der Waals surface area contributed by atoms with Gasteiger partial charge in [0.25, 0.3) is 5.91 Å². The Morgan fingerprint density at radius 2 is 1.65 bits per heavy atom. The minimum atomic E-state index is -4.63. The van der Waals surface area contributed by atoms with E-state index >= 15 is 0 Å². The summed E-state index contributed by atoms with van der Waals surface area (Å²) in [5.41, 5.74) is -0.170. The summed E-state index contributed by atoms with van der Waals surface area (Å²) in [4.78, 5) is 12.5. The van der Waals surface area contributed by atoms with Crippen LogP contribution in [0.4, 0.5) is 19.0 Å². The number of aromatic nitrogens is 6. The topological polar surface area (TPSA) is 82.6 Å². The van der Waals surface area contributed by atoms with E-state index in [2.05, 4.69) is 20.6 Å². The van der Waals surface area contributed by atoms with Crippen LogP contribution in [0.5, 0.6) is 0 Å². The molecule has 0 saturated carbocycles. The molecule has 11 heteroatoms. The second-order valence-electron chi connectivity index (χ2n) is 5.88. The first-order valence-electron chi connectivity index (χ1n) is 7.53. The molecule has 8 nitrogen and oxygen atoms in total. The summed E-state index contributed by atoms with van der Waals surface area (Å²) in [6.45, 7) is 1.73. The minimum Gasteiger partial charge on any atom is -0.303 e. The smallest absolute Gasteiger partial charge is 0.303 e. The van der Waals surface area contributed by atoms with Crippen LogP contribution in [0, 0.1) is 6.92 Å². The number of hydrogen-bond donors (Lipinski definition) is 1. The zero-order chi connectivity index (χ0) is 19.2. The number of rotatable bonds is 3. The van der Waals surface area contributed by atoms with Crippen molar-refractivity contribution in [3.05, 3.63) is 35.5 Å². The van der Waals surface area contributed by atoms with Gasteiger partial charge in [-0.15, -0.1) is 0 Å². The number of nitrogens with zero attached hydrogens (tertiary/aromatic N) is 6. The molecule has 3 rings (SSSR count). The fraction of sp³-hybridized carbons (Fsp3) is 0.333. The maximum Gasteiger partial charge on any atom is 0.435 e. The summed E-state index contributed by atoms with van der Waals surface area (Å²) < 4.78 is 43.6. The number of hydrogen-bond acceptors (Lipinski definition) is 4. The highest BCUT2D eigenvalue weighted by atomic mass is 19.4. The van der Waals surface area contributed by atoms with E-state index in [9.17, 15) is 18.0 Å². The van der Waals surface area contributed by atoms with Crippen molar-refractivity contribution in [2.24, 2.45) is 21.1 Å². The quantitative estimate of drug-likeness (QED) is 0.769. The molecule has 0 aliphatic rings. The van der Waals surface area contributed by atoms with Gasteiger partial charge in [-0.25, -0.2) is 0 Å². The first kappa shape index (κ1) is 17.7. The number of aryl methyl sites for hydroxylation is 4. The fourth-order valence-electron chi connectivity index (χ4n) is 2.67. The molecule has 3 aromatic heterocycles. The first-order valence-corrected chi connectivity index (χ1v) is 7.53. The largest absolute Gasteiger partial charge is 0.435 e. The molecule has 0 fully saturated rings. The molecule has 138 valence electrons. The lowest BCUT2D eigenvalue weighted by Gasteiger charge is -2.07. The molecular formula is C15H16F3N7O. The maximum absolute atomic E-state index is 13.3. The molecule has 0 saturated heterocycles. The van der Waals surface area contributed by atoms with Gasteiger partial charge in [0.15, 0.2) is 11.5 Å². The Morgan fingerprint density at radius 1 is 1.04 bits per heavy atom. The standard InChI is InChI=1S/C15H16F3N7O/c1-8-5-11(25(4)20-8)14(26)19-13-10(7-24(3)22-13)9-6-23(2)21-12(9)15(16,17)18/h5-7H,1-4H3,(H,19,22,26). The molecular weight excluding hydrogens is 351 g/mol. The van der Waals surface area contributed by atoms with E-state index in [0.29, 0.717) is 5.69 Å². The lowest BCUT2D eigenvalue weighted by molar-refractivity contribution is -0.140. The van der Waals surface area contributed by atoms with Gasteiger partial charge in [0, 0.05) is 44.7 Å². The number of carbonyl (C=O) groups excluding carboxylic acids is 1. The van der Waals surface area contributed by atoms with E-state index in [1.54, 1.807) is 27.1 Å². The van der Waals surface area contributed by atoms with Crippen LogP contribution in [0.3, 0.4) is 0 Å². The number of halogens is 3. The van der Waals surface area contributed by atoms with Gasteiger partial charge in [-0.2, -0.15) is 28.5 Å². The van der Waals surface area contributed by atoms with E-state index in [1.165, 1.54) is 28.8 Å². The maximum atomic E-state index is 13.3. The Bertz CT molecular complexity index is 980. The van der Waals surface area contributed by atoms with Crippen molar-refractivity contribution >= 4 is 11.7 Å². The Labute approximate surface area is 146 Å². The predicted molar refractivity (Wildman–Crippen MR) is 86.3 cm³/mol. The van der Waals surface area contributed by atoms with Crippen molar-refractivity contribution in [2.45, 2.75) is 13.1 Å². The molecule has 1 N–H and O–H groups in total. The summed E-state index contributed by atoms with van der Waals surface area (Å²) in [5, 5.41) is 14.2. The van der Waals surface area contributed by atoms with Crippen LogP contribution in [0.15, 0.2) is 18.5 Å². The van der Waals surface area contributed by atoms with Crippen LogP contribution in [0.25, 0.3) is 11.1 Å². The normalized spacial score (nSPS) is 11.8. The fourth-order valence-corrected chi connectivity index (χ4v) is 2.67. The zero-order valence-electron chi connectivity index (χ0n) is 14.5. The SMILES string of the molecule is Cc1cc(C(=O)Nc2nn(C)cc2-c2cn(C)nc2C(F)(F)F)n(C)n1. The summed E-state index contributed by atoms with van der Waals surface area (Å²) in [5.74, 6) is -0.514. The number of amides is 1. The second-order valence-corrected chi connectivity index (χ2v) is 5.88. The summed E-state index contributed by atoms with van der Waals surface area (Å²) in [6.07, 6.45) is -1.99. The average molecular weight is 367 g/mol. The monoisotopic (exact) mass is 367 g/mol. The van der Waals surface area contributed by atoms with Crippen LogP contribution in [-0.2, 0) is 27.3 Å². The number of carbonyl (C=O) groups is 1. The Hall–Kier alpha value is -3.11. The number of anilines is 1. The van der Waals surface area contributed by atoms with Gasteiger partial charge in [-0.05, 0) is 13.0 Å². The molecule has 26 heavy (non-hydrogen) atoms. The first-order chi connectivity index (χ1) is 12.1. The van der Waals surface area contributed by atoms with Crippen LogP contribution in [-0.4, -0.2) is 35.2 Å². The molecule has 0 atom stereocenters. The van der Waals surface area contributed by atoms with E-state index in [4.69, 9.17) is 0 Å². The number of nitrogens with one attached hydrogen (secondary N) is 1. The van der Waals surface area contributed by atoms with Gasteiger partial charge in [-0.1, -0.05) is 0 Å². The van der Waals surface area contributed by atoms with Crippen molar-refractivity contribution < 1.29 is 18.0 Å². The van der Waals surface area contributed by atoms with Crippen molar-refractivity contribution in [3.8, 4) is 11.1 Å². The molecule has 3 heterocycles. The Kier molecular flexibility index (Phi) is 4.09. The Morgan fingerprint density at radius 3 is 2.23 bits per heavy atom. The molecule has 0 aliphatic heterocycles. The molecule has 1 amide bonds. The van der Waals surface area contributed by atoms with E-state index in [1.807, 2.05) is 0 Å². The molecule has 0 radical (unpaired) electrons. The molecule has 0 spiro atoms. The third kappa shape index (κ3) is 3.19. The van der Waals surface area contributed by atoms with Crippen molar-refractivity contribution in [1.29, 1.82) is 0 Å². The molecule has 0 aliphatic carbocycles. The summed E-state index contributed by atoms with van der Waals surface area (Å²) in [7, 11) is 4.55. The van der Waals surface area contributed by atoms with Gasteiger partial charge < -0.3 is 5.32 Å². The third-order valence-corrected chi connectivity index (χ3v) is 3.68. The highest BCUT2D eigenvalue weighted by Crippen LogP contribution is 2.38. The van der Waals surface area contributed by atoms with E-state index < -0.39 is 17.8 Å². The van der Waals surface area contributed by atoms with Crippen LogP contribution >= 0.6 is 0 Å². The van der Waals surface area contributed by atoms with Crippen molar-refractivity contribution in [1.82, 2.24) is 29.3 Å². The summed E-state index contributed by atoms with van der Waals surface area (Å²) >= 11 is 0.